The van der Waals surface area contributed by atoms with E-state index in [0.29, 0.717) is 17.8 Å². The summed E-state index contributed by atoms with van der Waals surface area (Å²) in [6.07, 6.45) is 7.28. The highest BCUT2D eigenvalue weighted by Gasteiger charge is 2.23. The molecule has 1 aliphatic rings. The largest absolute Gasteiger partial charge is 0.391 e. The van der Waals surface area contributed by atoms with Crippen LogP contribution in [0, 0.1) is 5.92 Å². The number of hydrogen-bond acceptors (Lipinski definition) is 2. The Morgan fingerprint density at radius 3 is 2.72 bits per heavy atom. The molecular weight excluding hydrogens is 220 g/mol. The average Bonchev–Trinajstić information content (AvgIpc) is 2.28. The van der Waals surface area contributed by atoms with E-state index in [1.54, 1.807) is 0 Å². The lowest BCUT2D eigenvalue weighted by atomic mass is 9.79. The fourth-order valence-electron chi connectivity index (χ4n) is 2.82. The van der Waals surface area contributed by atoms with Gasteiger partial charge in [-0.3, -0.25) is 4.98 Å². The number of hydrogen-bond donors (Lipinski definition) is 1. The number of pyridine rings is 1. The van der Waals surface area contributed by atoms with Crippen molar-refractivity contribution in [1.29, 1.82) is 0 Å². The maximum atomic E-state index is 4.57. The first kappa shape index (κ1) is 13.1. The van der Waals surface area contributed by atoms with E-state index in [9.17, 15) is 0 Å². The summed E-state index contributed by atoms with van der Waals surface area (Å²) in [6, 6.07) is 2.20. The van der Waals surface area contributed by atoms with Crippen LogP contribution in [0.3, 0.4) is 0 Å². The quantitative estimate of drug-likeness (QED) is 0.853. The van der Waals surface area contributed by atoms with E-state index in [1.165, 1.54) is 17.5 Å². The van der Waals surface area contributed by atoms with E-state index in [-0.39, 0.29) is 0 Å². The van der Waals surface area contributed by atoms with Gasteiger partial charge in [0.1, 0.15) is 0 Å². The minimum Gasteiger partial charge on any atom is -0.391 e. The van der Waals surface area contributed by atoms with Crippen LogP contribution in [0.15, 0.2) is 18.5 Å². The van der Waals surface area contributed by atoms with E-state index in [2.05, 4.69) is 50.1 Å². The molecule has 0 bridgehead atoms. The summed E-state index contributed by atoms with van der Waals surface area (Å²) in [5.41, 5.74) is 4.08. The standard InChI is InChI=1S/C16H24N2/c1-11(2)13-5-8-17-9-7-15-16(13)14(12(3)4)6-10-18-15/h6-7,9-13,17H,5,8H2,1-4H3. The first-order valence-electron chi connectivity index (χ1n) is 7.00. The van der Waals surface area contributed by atoms with Crippen molar-refractivity contribution in [3.63, 3.8) is 0 Å². The number of nitrogens with one attached hydrogen (secondary N) is 1. The van der Waals surface area contributed by atoms with Gasteiger partial charge in [0.25, 0.3) is 0 Å². The van der Waals surface area contributed by atoms with Gasteiger partial charge in [0, 0.05) is 12.7 Å². The van der Waals surface area contributed by atoms with Crippen LogP contribution < -0.4 is 5.32 Å². The SMILES string of the molecule is CC(C)c1ccnc2c1C(C(C)C)CCNC=C2. The Morgan fingerprint density at radius 1 is 1.28 bits per heavy atom. The summed E-state index contributed by atoms with van der Waals surface area (Å²) < 4.78 is 0. The molecule has 0 radical (unpaired) electrons. The zero-order chi connectivity index (χ0) is 13.1. The van der Waals surface area contributed by atoms with Gasteiger partial charge in [-0.2, -0.15) is 0 Å². The summed E-state index contributed by atoms with van der Waals surface area (Å²) in [7, 11) is 0. The molecule has 18 heavy (non-hydrogen) atoms. The monoisotopic (exact) mass is 244 g/mol. The molecule has 0 saturated heterocycles. The van der Waals surface area contributed by atoms with Crippen molar-refractivity contribution in [3.8, 4) is 0 Å². The Kier molecular flexibility index (Phi) is 4.05. The second-order valence-electron chi connectivity index (χ2n) is 5.78. The molecule has 1 atom stereocenters. The molecule has 2 heterocycles. The average molecular weight is 244 g/mol. The first-order valence-corrected chi connectivity index (χ1v) is 7.00. The molecule has 1 aromatic heterocycles. The fourth-order valence-corrected chi connectivity index (χ4v) is 2.82. The smallest absolute Gasteiger partial charge is 0.0681 e. The zero-order valence-corrected chi connectivity index (χ0v) is 11.9. The summed E-state index contributed by atoms with van der Waals surface area (Å²) >= 11 is 0. The molecular formula is C16H24N2. The minimum atomic E-state index is 0.559. The van der Waals surface area contributed by atoms with Crippen LogP contribution in [0.2, 0.25) is 0 Å². The van der Waals surface area contributed by atoms with Gasteiger partial charge in [-0.15, -0.1) is 0 Å². The summed E-state index contributed by atoms with van der Waals surface area (Å²) in [5.74, 6) is 1.81. The highest BCUT2D eigenvalue weighted by atomic mass is 14.8. The normalized spacial score (nSPS) is 19.3. The van der Waals surface area contributed by atoms with E-state index in [0.717, 1.165) is 12.2 Å². The minimum absolute atomic E-state index is 0.559. The van der Waals surface area contributed by atoms with Crippen molar-refractivity contribution in [2.75, 3.05) is 6.54 Å². The van der Waals surface area contributed by atoms with Crippen molar-refractivity contribution < 1.29 is 0 Å². The Labute approximate surface area is 111 Å². The topological polar surface area (TPSA) is 24.9 Å². The molecule has 0 fully saturated rings. The Morgan fingerprint density at radius 2 is 2.06 bits per heavy atom. The van der Waals surface area contributed by atoms with Crippen molar-refractivity contribution in [2.24, 2.45) is 5.92 Å². The summed E-state index contributed by atoms with van der Waals surface area (Å²) in [4.78, 5) is 4.57. The lowest BCUT2D eigenvalue weighted by molar-refractivity contribution is 0.456. The molecule has 1 aromatic rings. The maximum absolute atomic E-state index is 4.57. The maximum Gasteiger partial charge on any atom is 0.0681 e. The number of rotatable bonds is 2. The fraction of sp³-hybridized carbons (Fsp3) is 0.562. The van der Waals surface area contributed by atoms with Gasteiger partial charge in [0.15, 0.2) is 0 Å². The molecule has 0 spiro atoms. The second-order valence-corrected chi connectivity index (χ2v) is 5.78. The number of aromatic nitrogens is 1. The molecule has 1 N–H and O–H groups in total. The lowest BCUT2D eigenvalue weighted by Gasteiger charge is -2.28. The van der Waals surface area contributed by atoms with Crippen LogP contribution >= 0.6 is 0 Å². The summed E-state index contributed by atoms with van der Waals surface area (Å²) in [5, 5.41) is 3.34. The third kappa shape index (κ3) is 2.58. The lowest BCUT2D eigenvalue weighted by Crippen LogP contribution is -2.20. The molecule has 1 unspecified atom stereocenters. The van der Waals surface area contributed by atoms with E-state index in [4.69, 9.17) is 0 Å². The van der Waals surface area contributed by atoms with Gasteiger partial charge in [0.2, 0.25) is 0 Å². The van der Waals surface area contributed by atoms with Crippen molar-refractivity contribution >= 4 is 6.08 Å². The van der Waals surface area contributed by atoms with E-state index in [1.807, 2.05) is 12.4 Å². The van der Waals surface area contributed by atoms with Crippen LogP contribution in [0.25, 0.3) is 6.08 Å². The molecule has 0 aliphatic carbocycles. The van der Waals surface area contributed by atoms with Gasteiger partial charge in [-0.25, -0.2) is 0 Å². The van der Waals surface area contributed by atoms with Gasteiger partial charge in [0.05, 0.1) is 5.69 Å². The van der Waals surface area contributed by atoms with Gasteiger partial charge < -0.3 is 5.32 Å². The van der Waals surface area contributed by atoms with Crippen molar-refractivity contribution in [1.82, 2.24) is 10.3 Å². The van der Waals surface area contributed by atoms with Gasteiger partial charge in [-0.1, -0.05) is 27.7 Å². The first-order chi connectivity index (χ1) is 8.61. The predicted molar refractivity (Wildman–Crippen MR) is 77.6 cm³/mol. The third-order valence-corrected chi connectivity index (χ3v) is 3.81. The number of fused-ring (bicyclic) bond motifs is 1. The van der Waals surface area contributed by atoms with Gasteiger partial charge in [-0.05, 0) is 53.6 Å². The molecule has 2 nitrogen and oxygen atoms in total. The predicted octanol–water partition coefficient (Wildman–Crippen LogP) is 3.91. The van der Waals surface area contributed by atoms with Crippen LogP contribution in [0.1, 0.15) is 62.8 Å². The highest BCUT2D eigenvalue weighted by Crippen LogP contribution is 2.36. The Hall–Kier alpha value is -1.31. The zero-order valence-electron chi connectivity index (χ0n) is 11.9. The highest BCUT2D eigenvalue weighted by molar-refractivity contribution is 5.54. The van der Waals surface area contributed by atoms with E-state index >= 15 is 0 Å². The molecule has 2 rings (SSSR count). The van der Waals surface area contributed by atoms with Crippen molar-refractivity contribution in [2.45, 2.75) is 46.0 Å². The van der Waals surface area contributed by atoms with E-state index < -0.39 is 0 Å². The second kappa shape index (κ2) is 5.55. The molecule has 98 valence electrons. The molecule has 0 saturated carbocycles. The molecule has 2 heteroatoms. The van der Waals surface area contributed by atoms with Crippen molar-refractivity contribution in [3.05, 3.63) is 35.3 Å². The molecule has 0 amide bonds. The van der Waals surface area contributed by atoms with Crippen LogP contribution in [-0.2, 0) is 0 Å². The van der Waals surface area contributed by atoms with Gasteiger partial charge >= 0.3 is 0 Å². The molecule has 1 aliphatic heterocycles. The molecule has 0 aromatic carbocycles. The Balaban J connectivity index is 2.58. The van der Waals surface area contributed by atoms with Crippen LogP contribution in [-0.4, -0.2) is 11.5 Å². The number of nitrogens with zero attached hydrogens (tertiary/aromatic N) is 1. The third-order valence-electron chi connectivity index (χ3n) is 3.81. The van der Waals surface area contributed by atoms with Crippen LogP contribution in [0.4, 0.5) is 0 Å². The Bertz CT molecular complexity index is 433. The van der Waals surface area contributed by atoms with Crippen LogP contribution in [0.5, 0.6) is 0 Å². The summed E-state index contributed by atoms with van der Waals surface area (Å²) in [6.45, 7) is 10.2.